The summed E-state index contributed by atoms with van der Waals surface area (Å²) in [5.41, 5.74) is 20.8. The zero-order valence-corrected chi connectivity index (χ0v) is 26.7. The van der Waals surface area contributed by atoms with E-state index >= 15 is 0 Å². The van der Waals surface area contributed by atoms with Crippen LogP contribution in [0.5, 0.6) is 0 Å². The Kier molecular flexibility index (Phi) is 9.58. The number of primary amides is 2. The molecule has 246 valence electrons. The number of nitrogens with one attached hydrogen (secondary N) is 5. The second kappa shape index (κ2) is 14.3. The summed E-state index contributed by atoms with van der Waals surface area (Å²) in [4.78, 5) is 40.3. The molecule has 1 aliphatic carbocycles. The van der Waals surface area contributed by atoms with Crippen LogP contribution in [-0.2, 0) is 0 Å². The summed E-state index contributed by atoms with van der Waals surface area (Å²) < 4.78 is 0. The lowest BCUT2D eigenvalue weighted by atomic mass is 9.91. The first-order valence-electron chi connectivity index (χ1n) is 15.1. The maximum absolute atomic E-state index is 11.8. The number of fused-ring (bicyclic) bond motifs is 2. The van der Waals surface area contributed by atoms with Crippen LogP contribution in [0.3, 0.4) is 0 Å². The molecule has 2 amide bonds. The fourth-order valence-electron chi connectivity index (χ4n) is 5.27. The molecule has 0 aliphatic heterocycles. The van der Waals surface area contributed by atoms with E-state index in [0.717, 1.165) is 58.9 Å². The van der Waals surface area contributed by atoms with E-state index in [9.17, 15) is 9.59 Å². The van der Waals surface area contributed by atoms with Gasteiger partial charge in [-0.3, -0.25) is 19.8 Å². The Bertz CT molecular complexity index is 2080. The standard InChI is InChI=1S/C18H22N8O.C13H12N6OS/c19-13-3-1-2-4-14(13)24-18-21-9-12(16(20)27)17(25-18)23-11-6-5-10-8-22-26-15(10)7-11;1-21-13-15-6-9(11(14)20)12(18-13)17-8-3-2-7-5-16-19-10(7)4-8/h5-9,13-14H,1-4,19H2,(H2,20,27)(H,22,26)(H2,21,23,24,25);2-6H,1H3,(H2,14,20)(H,16,19)(H,15,17,18)/t13-,14+;/m0./s1. The normalized spacial score (nSPS) is 15.8. The monoisotopic (exact) mass is 666 g/mol. The maximum Gasteiger partial charge on any atom is 0.254 e. The SMILES string of the molecule is CSc1ncc(C(N)=O)c(Nc2ccc3cn[nH]c3c2)n1.NC(=O)c1cnc(N[C@@H]2CCCC[C@@H]2N)nc1Nc1ccc2cn[nH]c2c1. The fourth-order valence-corrected chi connectivity index (χ4v) is 5.61. The van der Waals surface area contributed by atoms with E-state index in [1.807, 2.05) is 42.7 Å². The first-order valence-corrected chi connectivity index (χ1v) is 16.3. The van der Waals surface area contributed by atoms with Crippen LogP contribution in [0.4, 0.5) is 29.0 Å². The second-order valence-electron chi connectivity index (χ2n) is 11.1. The predicted molar refractivity (Wildman–Crippen MR) is 185 cm³/mol. The zero-order chi connectivity index (χ0) is 33.6. The van der Waals surface area contributed by atoms with E-state index in [0.29, 0.717) is 22.7 Å². The van der Waals surface area contributed by atoms with Gasteiger partial charge in [-0.15, -0.1) is 0 Å². The minimum absolute atomic E-state index is 0.0670. The molecule has 4 aromatic heterocycles. The smallest absolute Gasteiger partial charge is 0.254 e. The van der Waals surface area contributed by atoms with Gasteiger partial charge in [-0.2, -0.15) is 15.2 Å². The summed E-state index contributed by atoms with van der Waals surface area (Å²) in [5.74, 6) is -0.00904. The molecule has 2 atom stereocenters. The number of H-pyrrole nitrogens is 2. The molecule has 0 unspecified atom stereocenters. The number of carbonyl (C=O) groups excluding carboxylic acids is 2. The van der Waals surface area contributed by atoms with E-state index in [1.165, 1.54) is 24.2 Å². The van der Waals surface area contributed by atoms with Crippen LogP contribution in [0.15, 0.2) is 66.3 Å². The van der Waals surface area contributed by atoms with Crippen LogP contribution in [0.2, 0.25) is 0 Å². The van der Waals surface area contributed by atoms with Gasteiger partial charge in [-0.05, 0) is 55.5 Å². The highest BCUT2D eigenvalue weighted by atomic mass is 32.2. The van der Waals surface area contributed by atoms with Crippen molar-refractivity contribution in [2.75, 3.05) is 22.2 Å². The number of nitrogens with zero attached hydrogens (tertiary/aromatic N) is 6. The molecule has 7 rings (SSSR count). The van der Waals surface area contributed by atoms with Crippen molar-refractivity contribution in [1.29, 1.82) is 0 Å². The van der Waals surface area contributed by atoms with Crippen LogP contribution < -0.4 is 33.2 Å². The lowest BCUT2D eigenvalue weighted by molar-refractivity contribution is 0.0992. The topological polar surface area (TPSA) is 257 Å². The van der Waals surface area contributed by atoms with Crippen molar-refractivity contribution >= 4 is 74.3 Å². The van der Waals surface area contributed by atoms with Gasteiger partial charge in [0, 0.05) is 46.6 Å². The molecule has 0 radical (unpaired) electrons. The van der Waals surface area contributed by atoms with Gasteiger partial charge in [-0.25, -0.2) is 15.0 Å². The van der Waals surface area contributed by atoms with Gasteiger partial charge in [0.05, 0.1) is 23.4 Å². The number of aromatic amines is 2. The molecule has 16 nitrogen and oxygen atoms in total. The number of aromatic nitrogens is 8. The van der Waals surface area contributed by atoms with E-state index in [1.54, 1.807) is 12.4 Å². The van der Waals surface area contributed by atoms with Gasteiger partial charge < -0.3 is 33.2 Å². The molecular formula is C31H34N14O2S. The Balaban J connectivity index is 0.000000173. The minimum Gasteiger partial charge on any atom is -0.365 e. The molecule has 2 aromatic carbocycles. The molecule has 11 N–H and O–H groups in total. The predicted octanol–water partition coefficient (Wildman–Crippen LogP) is 3.79. The van der Waals surface area contributed by atoms with Crippen molar-refractivity contribution in [1.82, 2.24) is 40.3 Å². The average molecular weight is 667 g/mol. The molecule has 0 saturated heterocycles. The summed E-state index contributed by atoms with van der Waals surface area (Å²) in [6.07, 6.45) is 12.4. The molecule has 1 saturated carbocycles. The van der Waals surface area contributed by atoms with Gasteiger partial charge in [0.1, 0.15) is 22.8 Å². The van der Waals surface area contributed by atoms with E-state index in [4.69, 9.17) is 17.2 Å². The average Bonchev–Trinajstić information content (AvgIpc) is 3.75. The number of benzene rings is 2. The number of carbonyl (C=O) groups is 2. The minimum atomic E-state index is -0.596. The van der Waals surface area contributed by atoms with Crippen molar-refractivity contribution in [3.63, 3.8) is 0 Å². The Hall–Kier alpha value is -5.81. The summed E-state index contributed by atoms with van der Waals surface area (Å²) in [5, 5.41) is 25.9. The second-order valence-corrected chi connectivity index (χ2v) is 11.9. The van der Waals surface area contributed by atoms with Crippen LogP contribution >= 0.6 is 11.8 Å². The van der Waals surface area contributed by atoms with Crippen LogP contribution in [0, 0.1) is 0 Å². The molecule has 4 heterocycles. The first kappa shape index (κ1) is 32.1. The molecule has 6 aromatic rings. The molecule has 1 aliphatic rings. The third kappa shape index (κ3) is 7.42. The number of anilines is 5. The number of rotatable bonds is 9. The number of hydrogen-bond acceptors (Lipinski definition) is 13. The van der Waals surface area contributed by atoms with Crippen molar-refractivity contribution in [3.05, 3.63) is 72.3 Å². The van der Waals surface area contributed by atoms with Gasteiger partial charge in [0.15, 0.2) is 5.16 Å². The largest absolute Gasteiger partial charge is 0.365 e. The molecule has 1 fully saturated rings. The van der Waals surface area contributed by atoms with Crippen molar-refractivity contribution in [3.8, 4) is 0 Å². The van der Waals surface area contributed by atoms with Crippen molar-refractivity contribution in [2.45, 2.75) is 42.9 Å². The number of amides is 2. The quantitative estimate of drug-likeness (QED) is 0.0808. The van der Waals surface area contributed by atoms with E-state index in [2.05, 4.69) is 56.3 Å². The molecule has 48 heavy (non-hydrogen) atoms. The van der Waals surface area contributed by atoms with Gasteiger partial charge in [-0.1, -0.05) is 24.6 Å². The van der Waals surface area contributed by atoms with Gasteiger partial charge >= 0.3 is 0 Å². The summed E-state index contributed by atoms with van der Waals surface area (Å²) in [7, 11) is 0. The van der Waals surface area contributed by atoms with E-state index < -0.39 is 11.8 Å². The Labute approximate surface area is 278 Å². The Morgan fingerprint density at radius 2 is 1.35 bits per heavy atom. The summed E-state index contributed by atoms with van der Waals surface area (Å²) >= 11 is 1.39. The highest BCUT2D eigenvalue weighted by Crippen LogP contribution is 2.26. The van der Waals surface area contributed by atoms with Gasteiger partial charge in [0.25, 0.3) is 11.8 Å². The summed E-state index contributed by atoms with van der Waals surface area (Å²) in [6, 6.07) is 11.6. The third-order valence-electron chi connectivity index (χ3n) is 7.81. The Morgan fingerprint density at radius 3 is 1.92 bits per heavy atom. The van der Waals surface area contributed by atoms with Crippen LogP contribution in [-0.4, -0.2) is 70.5 Å². The third-order valence-corrected chi connectivity index (χ3v) is 8.37. The molecule has 0 spiro atoms. The number of hydrogen-bond donors (Lipinski definition) is 8. The highest BCUT2D eigenvalue weighted by Gasteiger charge is 2.23. The van der Waals surface area contributed by atoms with Gasteiger partial charge in [0.2, 0.25) is 5.95 Å². The molecule has 17 heteroatoms. The molecule has 0 bridgehead atoms. The van der Waals surface area contributed by atoms with Crippen LogP contribution in [0.1, 0.15) is 46.4 Å². The molecular weight excluding hydrogens is 633 g/mol. The lowest BCUT2D eigenvalue weighted by Gasteiger charge is -2.29. The number of thioether (sulfide) groups is 1. The van der Waals surface area contributed by atoms with E-state index in [-0.39, 0.29) is 23.2 Å². The maximum atomic E-state index is 11.8. The van der Waals surface area contributed by atoms with Crippen molar-refractivity contribution in [2.24, 2.45) is 17.2 Å². The number of nitrogens with two attached hydrogens (primary N) is 3. The summed E-state index contributed by atoms with van der Waals surface area (Å²) in [6.45, 7) is 0. The van der Waals surface area contributed by atoms with Crippen molar-refractivity contribution < 1.29 is 9.59 Å². The zero-order valence-electron chi connectivity index (χ0n) is 25.9. The fraction of sp³-hybridized carbons (Fsp3) is 0.226. The lowest BCUT2D eigenvalue weighted by Crippen LogP contribution is -2.43. The first-order chi connectivity index (χ1) is 23.3. The van der Waals surface area contributed by atoms with Crippen LogP contribution in [0.25, 0.3) is 21.8 Å². The Morgan fingerprint density at radius 1 is 0.792 bits per heavy atom. The highest BCUT2D eigenvalue weighted by molar-refractivity contribution is 7.98.